The van der Waals surface area contributed by atoms with Gasteiger partial charge in [0.25, 0.3) is 0 Å². The molecule has 5 fully saturated rings. The molecule has 18 heteroatoms. The first-order valence-corrected chi connectivity index (χ1v) is 20.8. The highest BCUT2D eigenvalue weighted by Crippen LogP contribution is 2.44. The molecule has 1 spiro atoms. The fraction of sp³-hybridized carbons (Fsp3) is 0.537. The van der Waals surface area contributed by atoms with Crippen LogP contribution in [0.25, 0.3) is 0 Å². The van der Waals surface area contributed by atoms with Gasteiger partial charge in [-0.05, 0) is 87.6 Å². The van der Waals surface area contributed by atoms with Gasteiger partial charge in [-0.2, -0.15) is 18.2 Å². The van der Waals surface area contributed by atoms with Crippen LogP contribution >= 0.6 is 11.6 Å². The van der Waals surface area contributed by atoms with Crippen LogP contribution in [0.15, 0.2) is 48.9 Å². The molecule has 59 heavy (non-hydrogen) atoms. The average molecular weight is 837 g/mol. The molecule has 1 unspecified atom stereocenters. The van der Waals surface area contributed by atoms with Crippen molar-refractivity contribution >= 4 is 69.7 Å². The van der Waals surface area contributed by atoms with Gasteiger partial charge in [-0.25, -0.2) is 4.98 Å². The predicted octanol–water partition coefficient (Wildman–Crippen LogP) is 5.92. The lowest BCUT2D eigenvalue weighted by Gasteiger charge is -2.39. The Morgan fingerprint density at radius 1 is 0.881 bits per heavy atom. The molecule has 2 aromatic heterocycles. The van der Waals surface area contributed by atoms with E-state index in [-0.39, 0.29) is 59.3 Å². The van der Waals surface area contributed by atoms with E-state index in [1.165, 1.54) is 6.20 Å². The predicted molar refractivity (Wildman–Crippen MR) is 217 cm³/mol. The molecule has 5 aliphatic rings. The van der Waals surface area contributed by atoms with E-state index in [1.54, 1.807) is 28.3 Å². The van der Waals surface area contributed by atoms with Crippen molar-refractivity contribution in [3.63, 3.8) is 0 Å². The molecule has 5 saturated heterocycles. The minimum atomic E-state index is -4.30. The number of piperidine rings is 4. The van der Waals surface area contributed by atoms with Crippen LogP contribution in [0.2, 0.25) is 5.02 Å². The minimum Gasteiger partial charge on any atom is -0.374 e. The summed E-state index contributed by atoms with van der Waals surface area (Å²) in [6.07, 6.45) is 5.65. The highest BCUT2D eigenvalue weighted by Gasteiger charge is 2.49. The van der Waals surface area contributed by atoms with Crippen LogP contribution in [0.4, 0.5) is 47.7 Å². The number of nitrogens with one attached hydrogen (secondary N) is 3. The number of likely N-dealkylation sites (tertiary alicyclic amines) is 1. The molecule has 7 heterocycles. The average Bonchev–Trinajstić information content (AvgIpc) is 3.54. The molecule has 5 aliphatic heterocycles. The largest absolute Gasteiger partial charge is 0.393 e. The molecule has 14 nitrogen and oxygen atoms in total. The molecule has 0 bridgehead atoms. The van der Waals surface area contributed by atoms with Gasteiger partial charge in [-0.1, -0.05) is 11.6 Å². The number of hydrogen-bond acceptors (Lipinski definition) is 11. The molecule has 3 aromatic rings. The lowest BCUT2D eigenvalue weighted by molar-refractivity contribution is -0.176. The topological polar surface area (TPSA) is 156 Å². The number of amides is 4. The van der Waals surface area contributed by atoms with Gasteiger partial charge in [0.15, 0.2) is 5.82 Å². The molecular formula is C41H48ClF3N10O4. The van der Waals surface area contributed by atoms with E-state index in [1.807, 2.05) is 29.2 Å². The fourth-order valence-electron chi connectivity index (χ4n) is 9.14. The van der Waals surface area contributed by atoms with Gasteiger partial charge >= 0.3 is 6.18 Å². The lowest BCUT2D eigenvalue weighted by atomic mass is 9.77. The summed E-state index contributed by atoms with van der Waals surface area (Å²) in [5.74, 6) is -1.17. The van der Waals surface area contributed by atoms with Gasteiger partial charge in [0.2, 0.25) is 29.6 Å². The number of carbonyl (C=O) groups is 4. The van der Waals surface area contributed by atoms with E-state index < -0.39 is 23.6 Å². The number of rotatable bonds is 9. The number of pyridine rings is 1. The number of imide groups is 1. The Kier molecular flexibility index (Phi) is 11.6. The summed E-state index contributed by atoms with van der Waals surface area (Å²) in [6.45, 7) is 3.45. The molecule has 0 saturated carbocycles. The number of halogens is 4. The van der Waals surface area contributed by atoms with Crippen molar-refractivity contribution in [2.24, 2.45) is 17.3 Å². The Labute approximate surface area is 345 Å². The van der Waals surface area contributed by atoms with E-state index in [9.17, 15) is 32.3 Å². The number of benzene rings is 1. The lowest BCUT2D eigenvalue weighted by Crippen LogP contribution is -2.47. The molecular weight excluding hydrogens is 789 g/mol. The van der Waals surface area contributed by atoms with E-state index in [0.29, 0.717) is 82.5 Å². The van der Waals surface area contributed by atoms with E-state index in [0.717, 1.165) is 37.3 Å². The maximum Gasteiger partial charge on any atom is 0.393 e. The van der Waals surface area contributed by atoms with Gasteiger partial charge in [-0.15, -0.1) is 0 Å². The summed E-state index contributed by atoms with van der Waals surface area (Å²) >= 11 is 6.35. The van der Waals surface area contributed by atoms with Crippen LogP contribution in [-0.4, -0.2) is 102 Å². The summed E-state index contributed by atoms with van der Waals surface area (Å²) in [6, 6.07) is 9.31. The van der Waals surface area contributed by atoms with Crippen LogP contribution in [0.1, 0.15) is 64.2 Å². The number of aromatic nitrogens is 3. The van der Waals surface area contributed by atoms with Crippen molar-refractivity contribution < 1.29 is 32.3 Å². The zero-order valence-electron chi connectivity index (χ0n) is 32.6. The minimum absolute atomic E-state index is 0.0186. The van der Waals surface area contributed by atoms with Gasteiger partial charge in [-0.3, -0.25) is 29.5 Å². The first-order valence-electron chi connectivity index (χ1n) is 20.4. The third-order valence-electron chi connectivity index (χ3n) is 12.7. The van der Waals surface area contributed by atoms with Crippen molar-refractivity contribution in [1.29, 1.82) is 0 Å². The number of anilines is 6. The molecule has 314 valence electrons. The molecule has 8 rings (SSSR count). The first kappa shape index (κ1) is 40.6. The van der Waals surface area contributed by atoms with Crippen molar-refractivity contribution in [2.75, 3.05) is 71.1 Å². The third-order valence-corrected chi connectivity index (χ3v) is 12.9. The maximum atomic E-state index is 14.0. The third kappa shape index (κ3) is 9.04. The Hall–Kier alpha value is -5.19. The van der Waals surface area contributed by atoms with Crippen molar-refractivity contribution in [1.82, 2.24) is 25.2 Å². The van der Waals surface area contributed by atoms with Gasteiger partial charge < -0.3 is 30.2 Å². The van der Waals surface area contributed by atoms with E-state index >= 15 is 0 Å². The Balaban J connectivity index is 0.803. The summed E-state index contributed by atoms with van der Waals surface area (Å²) in [5.41, 5.74) is 2.49. The second kappa shape index (κ2) is 16.8. The second-order valence-corrected chi connectivity index (χ2v) is 16.9. The zero-order valence-corrected chi connectivity index (χ0v) is 33.4. The van der Waals surface area contributed by atoms with Crippen LogP contribution in [-0.2, 0) is 19.2 Å². The number of carbonyl (C=O) groups excluding carboxylic acids is 4. The normalized spacial score (nSPS) is 22.8. The maximum absolute atomic E-state index is 14.0. The standard InChI is InChI=1S/C41H48ClF3N10O4/c42-32-24-47-39(51-36(32)54-14-1-2-27(25-54)41(43,44)45)49-29-21-31(23-46-22-29)55-19-13-40(38(55)59)11-17-53(18-12-40)35(57)20-26-9-15-52(16-10-26)30-5-3-28(4-6-30)48-33-7-8-34(56)50-37(33)58/h3-6,21-24,26-27,33,48H,1-2,7-20,25H2,(H,47,49,51)(H,50,56,58)/t27-,33?/m0/s1. The van der Waals surface area contributed by atoms with Crippen LogP contribution in [0.5, 0.6) is 0 Å². The summed E-state index contributed by atoms with van der Waals surface area (Å²) in [4.78, 5) is 71.6. The summed E-state index contributed by atoms with van der Waals surface area (Å²) in [7, 11) is 0. The van der Waals surface area contributed by atoms with Gasteiger partial charge in [0, 0.05) is 70.0 Å². The van der Waals surface area contributed by atoms with Crippen LogP contribution < -0.4 is 30.7 Å². The van der Waals surface area contributed by atoms with E-state index in [4.69, 9.17) is 11.6 Å². The van der Waals surface area contributed by atoms with Crippen LogP contribution in [0.3, 0.4) is 0 Å². The molecule has 3 N–H and O–H groups in total. The Bertz CT molecular complexity index is 2060. The molecule has 1 aromatic carbocycles. The van der Waals surface area contributed by atoms with Crippen molar-refractivity contribution in [3.8, 4) is 0 Å². The molecule has 2 atom stereocenters. The molecule has 4 amide bonds. The highest BCUT2D eigenvalue weighted by atomic mass is 35.5. The fourth-order valence-corrected chi connectivity index (χ4v) is 9.35. The van der Waals surface area contributed by atoms with Crippen LogP contribution in [0, 0.1) is 17.3 Å². The smallest absolute Gasteiger partial charge is 0.374 e. The zero-order chi connectivity index (χ0) is 41.3. The second-order valence-electron chi connectivity index (χ2n) is 16.4. The summed E-state index contributed by atoms with van der Waals surface area (Å²) < 4.78 is 40.4. The molecule has 0 aliphatic carbocycles. The van der Waals surface area contributed by atoms with Crippen molar-refractivity contribution in [2.45, 2.75) is 76.4 Å². The van der Waals surface area contributed by atoms with E-state index in [2.05, 4.69) is 35.8 Å². The number of nitrogens with zero attached hydrogens (tertiary/aromatic N) is 7. The first-order chi connectivity index (χ1) is 28.3. The Morgan fingerprint density at radius 3 is 2.36 bits per heavy atom. The van der Waals surface area contributed by atoms with Crippen molar-refractivity contribution in [3.05, 3.63) is 53.9 Å². The SMILES string of the molecule is O=C1CCC(Nc2ccc(N3CCC(CC(=O)N4CCC5(CC4)CCN(c4cncc(Nc6ncc(Cl)c(N7CCC[C@H](C(F)(F)F)C7)n6)c4)C5=O)CC3)cc2)C(=O)N1. The summed E-state index contributed by atoms with van der Waals surface area (Å²) in [5, 5.41) is 8.83. The quantitative estimate of drug-likeness (QED) is 0.220. The number of alkyl halides is 3. The van der Waals surface area contributed by atoms with Gasteiger partial charge in [0.1, 0.15) is 11.1 Å². The Morgan fingerprint density at radius 2 is 1.63 bits per heavy atom. The van der Waals surface area contributed by atoms with Gasteiger partial charge in [0.05, 0.1) is 41.3 Å². The highest BCUT2D eigenvalue weighted by molar-refractivity contribution is 6.32. The monoisotopic (exact) mass is 836 g/mol. The number of hydrogen-bond donors (Lipinski definition) is 3. The molecule has 0 radical (unpaired) electrons.